The van der Waals surface area contributed by atoms with Crippen molar-refractivity contribution in [3.05, 3.63) is 23.8 Å². The summed E-state index contributed by atoms with van der Waals surface area (Å²) in [7, 11) is -3.08. The lowest BCUT2D eigenvalue weighted by Crippen LogP contribution is -2.43. The quantitative estimate of drug-likeness (QED) is 0.778. The summed E-state index contributed by atoms with van der Waals surface area (Å²) in [6.45, 7) is 5.89. The minimum absolute atomic E-state index is 0.0138. The van der Waals surface area contributed by atoms with Crippen LogP contribution in [0.5, 0.6) is 5.75 Å². The molecule has 7 nitrogen and oxygen atoms in total. The van der Waals surface area contributed by atoms with Crippen molar-refractivity contribution in [2.24, 2.45) is 0 Å². The van der Waals surface area contributed by atoms with Crippen LogP contribution in [-0.4, -0.2) is 55.8 Å². The van der Waals surface area contributed by atoms with E-state index in [1.807, 2.05) is 6.92 Å². The zero-order valence-corrected chi connectivity index (χ0v) is 15.6. The number of hydrogen-bond acceptors (Lipinski definition) is 5. The van der Waals surface area contributed by atoms with Gasteiger partial charge in [0, 0.05) is 18.2 Å². The van der Waals surface area contributed by atoms with Gasteiger partial charge in [-0.15, -0.1) is 0 Å². The number of amides is 2. The molecular weight excluding hydrogens is 344 g/mol. The van der Waals surface area contributed by atoms with E-state index in [0.717, 1.165) is 0 Å². The second-order valence-corrected chi connectivity index (χ2v) is 8.20. The van der Waals surface area contributed by atoms with E-state index < -0.39 is 15.9 Å². The molecule has 0 radical (unpaired) electrons. The Morgan fingerprint density at radius 2 is 2.04 bits per heavy atom. The highest BCUT2D eigenvalue weighted by molar-refractivity contribution is 7.91. The maximum atomic E-state index is 12.7. The lowest BCUT2D eigenvalue weighted by atomic mass is 10.1. The van der Waals surface area contributed by atoms with Gasteiger partial charge in [0.15, 0.2) is 15.6 Å². The predicted molar refractivity (Wildman–Crippen MR) is 96.1 cm³/mol. The van der Waals surface area contributed by atoms with Crippen LogP contribution in [0.2, 0.25) is 0 Å². The van der Waals surface area contributed by atoms with Crippen molar-refractivity contribution in [2.75, 3.05) is 30.0 Å². The number of carbonyl (C=O) groups excluding carboxylic acids is 2. The van der Waals surface area contributed by atoms with E-state index in [1.165, 1.54) is 11.8 Å². The maximum absolute atomic E-state index is 12.7. The first-order valence-corrected chi connectivity index (χ1v) is 10.1. The zero-order chi connectivity index (χ0) is 18.6. The Kier molecular flexibility index (Phi) is 6.05. The normalized spacial score (nSPS) is 18.6. The molecule has 2 amide bonds. The lowest BCUT2D eigenvalue weighted by Gasteiger charge is -2.27. The number of urea groups is 1. The second-order valence-electron chi connectivity index (χ2n) is 5.97. The molecule has 1 aromatic carbocycles. The standard InChI is InChI=1S/C17H24N2O5S/c1-4-19(14-8-9-25(22,23)11-14)17(21)18-15-10-13(12(3)20)6-7-16(15)24-5-2/h6-7,10,14H,4-5,8-9,11H2,1-3H3,(H,18,21). The van der Waals surface area contributed by atoms with Gasteiger partial charge in [-0.05, 0) is 45.4 Å². The number of nitrogens with zero attached hydrogens (tertiary/aromatic N) is 1. The van der Waals surface area contributed by atoms with E-state index in [2.05, 4.69) is 5.32 Å². The van der Waals surface area contributed by atoms with Crippen LogP contribution in [0.1, 0.15) is 37.6 Å². The highest BCUT2D eigenvalue weighted by atomic mass is 32.2. The zero-order valence-electron chi connectivity index (χ0n) is 14.7. The van der Waals surface area contributed by atoms with Crippen molar-refractivity contribution in [3.8, 4) is 5.75 Å². The third kappa shape index (κ3) is 4.72. The van der Waals surface area contributed by atoms with Gasteiger partial charge in [-0.1, -0.05) is 0 Å². The minimum atomic E-state index is -3.08. The minimum Gasteiger partial charge on any atom is -0.492 e. The Morgan fingerprint density at radius 3 is 2.56 bits per heavy atom. The third-order valence-electron chi connectivity index (χ3n) is 4.18. The number of carbonyl (C=O) groups is 2. The van der Waals surface area contributed by atoms with Crippen LogP contribution in [0.15, 0.2) is 18.2 Å². The van der Waals surface area contributed by atoms with Crippen LogP contribution in [0.3, 0.4) is 0 Å². The number of anilines is 1. The number of ether oxygens (including phenoxy) is 1. The molecule has 0 aliphatic carbocycles. The first-order chi connectivity index (χ1) is 11.8. The fraction of sp³-hybridized carbons (Fsp3) is 0.529. The molecule has 1 aliphatic rings. The van der Waals surface area contributed by atoms with Crippen LogP contribution in [-0.2, 0) is 9.84 Å². The molecule has 1 heterocycles. The number of sulfone groups is 1. The fourth-order valence-corrected chi connectivity index (χ4v) is 4.63. The number of benzene rings is 1. The summed E-state index contributed by atoms with van der Waals surface area (Å²) in [6.07, 6.45) is 0.440. The molecule has 0 saturated carbocycles. The number of ketones is 1. The summed E-state index contributed by atoms with van der Waals surface area (Å²) in [6, 6.07) is 4.13. The lowest BCUT2D eigenvalue weighted by molar-refractivity contribution is 0.101. The number of nitrogens with one attached hydrogen (secondary N) is 1. The molecule has 1 saturated heterocycles. The van der Waals surface area contributed by atoms with Crippen LogP contribution in [0.4, 0.5) is 10.5 Å². The van der Waals surface area contributed by atoms with Gasteiger partial charge in [-0.3, -0.25) is 4.79 Å². The van der Waals surface area contributed by atoms with Gasteiger partial charge in [-0.2, -0.15) is 0 Å². The molecule has 2 rings (SSSR count). The largest absolute Gasteiger partial charge is 0.492 e. The molecule has 1 fully saturated rings. The average molecular weight is 368 g/mol. The van der Waals surface area contributed by atoms with Gasteiger partial charge in [0.25, 0.3) is 0 Å². The smallest absolute Gasteiger partial charge is 0.322 e. The Labute approximate surface area is 148 Å². The van der Waals surface area contributed by atoms with Crippen molar-refractivity contribution in [1.29, 1.82) is 0 Å². The SMILES string of the molecule is CCOc1ccc(C(C)=O)cc1NC(=O)N(CC)C1CCS(=O)(=O)C1. The second kappa shape index (κ2) is 7.86. The number of Topliss-reactive ketones (excluding diaryl/α,β-unsaturated/α-hetero) is 1. The predicted octanol–water partition coefficient (Wildman–Crippen LogP) is 2.33. The molecule has 0 bridgehead atoms. The number of hydrogen-bond donors (Lipinski definition) is 1. The van der Waals surface area contributed by atoms with Gasteiger partial charge in [-0.25, -0.2) is 13.2 Å². The van der Waals surface area contributed by atoms with Crippen molar-refractivity contribution in [2.45, 2.75) is 33.2 Å². The molecule has 0 aromatic heterocycles. The highest BCUT2D eigenvalue weighted by Crippen LogP contribution is 2.27. The molecule has 0 spiro atoms. The highest BCUT2D eigenvalue weighted by Gasteiger charge is 2.34. The van der Waals surface area contributed by atoms with Gasteiger partial charge in [0.05, 0.1) is 23.8 Å². The van der Waals surface area contributed by atoms with E-state index >= 15 is 0 Å². The van der Waals surface area contributed by atoms with Crippen LogP contribution >= 0.6 is 0 Å². The Hall–Kier alpha value is -2.09. The summed E-state index contributed by atoms with van der Waals surface area (Å²) in [5.41, 5.74) is 0.865. The fourth-order valence-electron chi connectivity index (χ4n) is 2.90. The van der Waals surface area contributed by atoms with E-state index in [0.29, 0.717) is 36.6 Å². The van der Waals surface area contributed by atoms with Crippen LogP contribution in [0.25, 0.3) is 0 Å². The van der Waals surface area contributed by atoms with Crippen molar-refractivity contribution in [3.63, 3.8) is 0 Å². The monoisotopic (exact) mass is 368 g/mol. The van der Waals surface area contributed by atoms with Crippen molar-refractivity contribution >= 4 is 27.3 Å². The summed E-state index contributed by atoms with van der Waals surface area (Å²) in [5, 5.41) is 2.76. The summed E-state index contributed by atoms with van der Waals surface area (Å²) in [4.78, 5) is 25.8. The van der Waals surface area contributed by atoms with E-state index in [1.54, 1.807) is 25.1 Å². The van der Waals surface area contributed by atoms with Crippen molar-refractivity contribution < 1.29 is 22.7 Å². The molecule has 1 unspecified atom stereocenters. The van der Waals surface area contributed by atoms with E-state index in [-0.39, 0.29) is 23.3 Å². The summed E-state index contributed by atoms with van der Waals surface area (Å²) >= 11 is 0. The maximum Gasteiger partial charge on any atom is 0.322 e. The molecule has 1 aliphatic heterocycles. The van der Waals surface area contributed by atoms with Gasteiger partial charge >= 0.3 is 6.03 Å². The molecule has 1 N–H and O–H groups in total. The van der Waals surface area contributed by atoms with E-state index in [9.17, 15) is 18.0 Å². The van der Waals surface area contributed by atoms with Crippen molar-refractivity contribution in [1.82, 2.24) is 4.90 Å². The Bertz CT molecular complexity index is 760. The first-order valence-electron chi connectivity index (χ1n) is 8.33. The average Bonchev–Trinajstić information content (AvgIpc) is 2.89. The third-order valence-corrected chi connectivity index (χ3v) is 5.93. The molecule has 138 valence electrons. The molecule has 25 heavy (non-hydrogen) atoms. The molecular formula is C17H24N2O5S. The van der Waals surface area contributed by atoms with Gasteiger partial charge in [0.2, 0.25) is 0 Å². The van der Waals surface area contributed by atoms with Crippen LogP contribution in [0, 0.1) is 0 Å². The Morgan fingerprint density at radius 1 is 1.32 bits per heavy atom. The first kappa shape index (κ1) is 19.2. The van der Waals surface area contributed by atoms with Crippen LogP contribution < -0.4 is 10.1 Å². The number of rotatable bonds is 6. The van der Waals surface area contributed by atoms with E-state index in [4.69, 9.17) is 4.74 Å². The molecule has 8 heteroatoms. The molecule has 1 aromatic rings. The Balaban J connectivity index is 2.22. The topological polar surface area (TPSA) is 92.8 Å². The van der Waals surface area contributed by atoms with Gasteiger partial charge < -0.3 is 15.0 Å². The summed E-state index contributed by atoms with van der Waals surface area (Å²) in [5.74, 6) is 0.439. The summed E-state index contributed by atoms with van der Waals surface area (Å²) < 4.78 is 28.9. The van der Waals surface area contributed by atoms with Gasteiger partial charge in [0.1, 0.15) is 5.75 Å². The molecule has 1 atom stereocenters.